The van der Waals surface area contributed by atoms with Crippen LogP contribution in [0, 0.1) is 17.2 Å². The van der Waals surface area contributed by atoms with Crippen LogP contribution in [0.25, 0.3) is 0 Å². The van der Waals surface area contributed by atoms with Crippen molar-refractivity contribution < 1.29 is 14.7 Å². The lowest BCUT2D eigenvalue weighted by atomic mass is 9.88. The Balaban J connectivity index is 2.15. The van der Waals surface area contributed by atoms with E-state index < -0.39 is 5.97 Å². The van der Waals surface area contributed by atoms with E-state index in [1.807, 2.05) is 0 Å². The highest BCUT2D eigenvalue weighted by Gasteiger charge is 2.24. The maximum Gasteiger partial charge on any atom is 0.303 e. The summed E-state index contributed by atoms with van der Waals surface area (Å²) in [6.45, 7) is 2.16. The molecule has 106 valence electrons. The van der Waals surface area contributed by atoms with Gasteiger partial charge in [0.1, 0.15) is 11.1 Å². The summed E-state index contributed by atoms with van der Waals surface area (Å²) in [5.74, 6) is -0.796. The van der Waals surface area contributed by atoms with E-state index in [1.54, 1.807) is 0 Å². The number of hydrogen-bond acceptors (Lipinski definition) is 4. The average molecular weight is 292 g/mol. The molecule has 1 amide bonds. The number of carboxylic acid groups (broad SMARTS) is 1. The number of thiophene rings is 1. The van der Waals surface area contributed by atoms with Crippen LogP contribution in [0.3, 0.4) is 0 Å². The summed E-state index contributed by atoms with van der Waals surface area (Å²) in [6, 6.07) is 2.17. The van der Waals surface area contributed by atoms with Gasteiger partial charge in [-0.2, -0.15) is 5.26 Å². The van der Waals surface area contributed by atoms with E-state index in [1.165, 1.54) is 16.2 Å². The van der Waals surface area contributed by atoms with E-state index in [4.69, 9.17) is 5.11 Å². The van der Waals surface area contributed by atoms with Gasteiger partial charge in [0, 0.05) is 11.3 Å². The number of carbonyl (C=O) groups is 2. The van der Waals surface area contributed by atoms with Crippen molar-refractivity contribution in [2.45, 2.75) is 39.0 Å². The molecule has 6 heteroatoms. The Morgan fingerprint density at radius 1 is 1.50 bits per heavy atom. The molecule has 1 aliphatic carbocycles. The number of hydrogen-bond donors (Lipinski definition) is 2. The lowest BCUT2D eigenvalue weighted by Crippen LogP contribution is -2.13. The molecule has 0 saturated carbocycles. The van der Waals surface area contributed by atoms with Crippen molar-refractivity contribution >= 4 is 28.2 Å². The number of nitriles is 1. The molecule has 0 fully saturated rings. The second-order valence-corrected chi connectivity index (χ2v) is 6.21. The molecule has 5 nitrogen and oxygen atoms in total. The minimum atomic E-state index is -1.00. The molecule has 0 aliphatic heterocycles. The largest absolute Gasteiger partial charge is 0.481 e. The zero-order valence-electron chi connectivity index (χ0n) is 11.2. The van der Waals surface area contributed by atoms with Crippen LogP contribution >= 0.6 is 11.3 Å². The van der Waals surface area contributed by atoms with Gasteiger partial charge in [-0.1, -0.05) is 6.92 Å². The molecule has 2 N–H and O–H groups in total. The highest BCUT2D eigenvalue weighted by molar-refractivity contribution is 7.16. The molecule has 0 spiro atoms. The molecule has 1 heterocycles. The second kappa shape index (κ2) is 6.06. The maximum atomic E-state index is 11.7. The van der Waals surface area contributed by atoms with Crippen LogP contribution in [-0.2, 0) is 22.4 Å². The Kier molecular flexibility index (Phi) is 4.40. The molecule has 0 aromatic carbocycles. The first-order chi connectivity index (χ1) is 9.51. The van der Waals surface area contributed by atoms with Gasteiger partial charge in [-0.05, 0) is 30.7 Å². The first-order valence-corrected chi connectivity index (χ1v) is 7.39. The third-order valence-electron chi connectivity index (χ3n) is 3.44. The van der Waals surface area contributed by atoms with Gasteiger partial charge in [-0.25, -0.2) is 0 Å². The van der Waals surface area contributed by atoms with Gasteiger partial charge < -0.3 is 10.4 Å². The van der Waals surface area contributed by atoms with Crippen LogP contribution in [0.2, 0.25) is 0 Å². The fourth-order valence-electron chi connectivity index (χ4n) is 2.37. The number of aryl methyl sites for hydroxylation is 1. The molecule has 1 unspecified atom stereocenters. The Morgan fingerprint density at radius 3 is 2.90 bits per heavy atom. The van der Waals surface area contributed by atoms with Crippen LogP contribution in [0.5, 0.6) is 0 Å². The minimum Gasteiger partial charge on any atom is -0.481 e. The maximum absolute atomic E-state index is 11.7. The molecule has 1 atom stereocenters. The van der Waals surface area contributed by atoms with Crippen molar-refractivity contribution in [2.24, 2.45) is 5.92 Å². The number of aliphatic carboxylic acids is 1. The van der Waals surface area contributed by atoms with Crippen molar-refractivity contribution in [3.8, 4) is 6.07 Å². The number of rotatable bonds is 4. The first kappa shape index (κ1) is 14.5. The van der Waals surface area contributed by atoms with Crippen molar-refractivity contribution in [3.63, 3.8) is 0 Å². The number of nitrogens with zero attached hydrogens (tertiary/aromatic N) is 1. The van der Waals surface area contributed by atoms with Crippen LogP contribution < -0.4 is 5.32 Å². The van der Waals surface area contributed by atoms with Gasteiger partial charge >= 0.3 is 5.97 Å². The topological polar surface area (TPSA) is 90.2 Å². The molecule has 0 saturated heterocycles. The van der Waals surface area contributed by atoms with Crippen molar-refractivity contribution in [1.82, 2.24) is 0 Å². The van der Waals surface area contributed by atoms with Gasteiger partial charge in [0.25, 0.3) is 0 Å². The standard InChI is InChI=1S/C14H16N2O3S/c1-8-2-3-11-9(6-8)10(7-15)14(20-11)16-12(17)4-5-13(18)19/h8H,2-6H2,1H3,(H,16,17)(H,18,19). The third kappa shape index (κ3) is 3.17. The molecule has 1 aliphatic rings. The van der Waals surface area contributed by atoms with Gasteiger partial charge in [0.15, 0.2) is 0 Å². The van der Waals surface area contributed by atoms with E-state index in [0.717, 1.165) is 24.8 Å². The molecule has 20 heavy (non-hydrogen) atoms. The molecular weight excluding hydrogens is 276 g/mol. The normalized spacial score (nSPS) is 17.1. The zero-order chi connectivity index (χ0) is 14.7. The second-order valence-electron chi connectivity index (χ2n) is 5.11. The summed E-state index contributed by atoms with van der Waals surface area (Å²) in [7, 11) is 0. The fourth-order valence-corrected chi connectivity index (χ4v) is 3.58. The van der Waals surface area contributed by atoms with E-state index in [9.17, 15) is 14.9 Å². The number of amides is 1. The van der Waals surface area contributed by atoms with Gasteiger partial charge in [0.2, 0.25) is 5.91 Å². The Labute approximate surface area is 121 Å². The summed E-state index contributed by atoms with van der Waals surface area (Å²) >= 11 is 1.45. The van der Waals surface area contributed by atoms with Gasteiger partial charge in [-0.15, -0.1) is 11.3 Å². The molecule has 1 aromatic heterocycles. The lowest BCUT2D eigenvalue weighted by molar-refractivity contribution is -0.138. The van der Waals surface area contributed by atoms with Gasteiger partial charge in [-0.3, -0.25) is 9.59 Å². The zero-order valence-corrected chi connectivity index (χ0v) is 12.0. The predicted molar refractivity (Wildman–Crippen MR) is 75.7 cm³/mol. The van der Waals surface area contributed by atoms with E-state index in [2.05, 4.69) is 18.3 Å². The van der Waals surface area contributed by atoms with Gasteiger partial charge in [0.05, 0.1) is 12.0 Å². The molecule has 0 bridgehead atoms. The monoisotopic (exact) mass is 292 g/mol. The summed E-state index contributed by atoms with van der Waals surface area (Å²) in [5, 5.41) is 21.1. The van der Waals surface area contributed by atoms with Crippen LogP contribution in [0.15, 0.2) is 0 Å². The lowest BCUT2D eigenvalue weighted by Gasteiger charge is -2.17. The van der Waals surface area contributed by atoms with Crippen LogP contribution in [-0.4, -0.2) is 17.0 Å². The number of nitrogens with one attached hydrogen (secondary N) is 1. The highest BCUT2D eigenvalue weighted by Crippen LogP contribution is 2.39. The smallest absolute Gasteiger partial charge is 0.303 e. The summed E-state index contributed by atoms with van der Waals surface area (Å²) in [4.78, 5) is 23.3. The summed E-state index contributed by atoms with van der Waals surface area (Å²) in [5.41, 5.74) is 1.62. The summed E-state index contributed by atoms with van der Waals surface area (Å²) in [6.07, 6.45) is 2.65. The highest BCUT2D eigenvalue weighted by atomic mass is 32.1. The first-order valence-electron chi connectivity index (χ1n) is 6.57. The van der Waals surface area contributed by atoms with Crippen LogP contribution in [0.4, 0.5) is 5.00 Å². The van der Waals surface area contributed by atoms with E-state index in [0.29, 0.717) is 16.5 Å². The number of fused-ring (bicyclic) bond motifs is 1. The molecule has 0 radical (unpaired) electrons. The fraction of sp³-hybridized carbons (Fsp3) is 0.500. The summed E-state index contributed by atoms with van der Waals surface area (Å²) < 4.78 is 0. The van der Waals surface area contributed by atoms with E-state index >= 15 is 0 Å². The number of carboxylic acids is 1. The molecule has 1 aromatic rings. The Morgan fingerprint density at radius 2 is 2.25 bits per heavy atom. The Hall–Kier alpha value is -1.87. The van der Waals surface area contributed by atoms with E-state index in [-0.39, 0.29) is 18.7 Å². The molecule has 2 rings (SSSR count). The number of anilines is 1. The average Bonchev–Trinajstić information content (AvgIpc) is 2.72. The quantitative estimate of drug-likeness (QED) is 0.892. The van der Waals surface area contributed by atoms with Crippen molar-refractivity contribution in [3.05, 3.63) is 16.0 Å². The molecular formula is C14H16N2O3S. The minimum absolute atomic E-state index is 0.0703. The van der Waals surface area contributed by atoms with Crippen molar-refractivity contribution in [1.29, 1.82) is 5.26 Å². The van der Waals surface area contributed by atoms with Crippen molar-refractivity contribution in [2.75, 3.05) is 5.32 Å². The SMILES string of the molecule is CC1CCc2sc(NC(=O)CCC(=O)O)c(C#N)c2C1. The predicted octanol–water partition coefficient (Wildman–Crippen LogP) is 2.55. The third-order valence-corrected chi connectivity index (χ3v) is 4.65. The number of carbonyl (C=O) groups excluding carboxylic acids is 1. The van der Waals surface area contributed by atoms with Crippen LogP contribution in [0.1, 0.15) is 42.2 Å². The Bertz CT molecular complexity index is 586.